The van der Waals surface area contributed by atoms with Crippen LogP contribution in [0.3, 0.4) is 0 Å². The molecule has 7 heteroatoms. The standard InChI is InChI=1S/C19H20Cl2FNO3/c20-13-1-2-15(14(22)4-13)23-16(24)9-26-17(25)18-5-11-3-12(6-18)8-19(21,7-11)10-18/h1-2,4,11-12H,3,5-10H2,(H,23,24)/t11-,12-,18?,19?/m1/s1. The third kappa shape index (κ3) is 3.31. The number of ether oxygens (including phenoxy) is 1. The van der Waals surface area contributed by atoms with Crippen molar-refractivity contribution in [3.05, 3.63) is 29.0 Å². The summed E-state index contributed by atoms with van der Waals surface area (Å²) in [4.78, 5) is 24.5. The van der Waals surface area contributed by atoms with Crippen molar-refractivity contribution >= 4 is 40.8 Å². The van der Waals surface area contributed by atoms with Gasteiger partial charge in [0.05, 0.1) is 11.1 Å². The van der Waals surface area contributed by atoms with Gasteiger partial charge < -0.3 is 10.1 Å². The molecule has 2 atom stereocenters. The molecule has 1 aromatic rings. The van der Waals surface area contributed by atoms with Crippen LogP contribution in [0.4, 0.5) is 10.1 Å². The predicted molar refractivity (Wildman–Crippen MR) is 96.7 cm³/mol. The topological polar surface area (TPSA) is 55.4 Å². The lowest BCUT2D eigenvalue weighted by Crippen LogP contribution is -2.56. The van der Waals surface area contributed by atoms with Crippen LogP contribution in [-0.4, -0.2) is 23.4 Å². The summed E-state index contributed by atoms with van der Waals surface area (Å²) in [5.74, 6) is -0.618. The summed E-state index contributed by atoms with van der Waals surface area (Å²) >= 11 is 12.4. The second-order valence-electron chi connectivity index (χ2n) is 8.14. The van der Waals surface area contributed by atoms with E-state index >= 15 is 0 Å². The van der Waals surface area contributed by atoms with Crippen LogP contribution in [0.25, 0.3) is 0 Å². The van der Waals surface area contributed by atoms with Crippen LogP contribution in [0.2, 0.25) is 5.02 Å². The summed E-state index contributed by atoms with van der Waals surface area (Å²) in [6.45, 7) is -0.437. The highest BCUT2D eigenvalue weighted by Gasteiger charge is 2.60. The molecule has 0 unspecified atom stereocenters. The van der Waals surface area contributed by atoms with Gasteiger partial charge >= 0.3 is 5.97 Å². The molecule has 4 bridgehead atoms. The van der Waals surface area contributed by atoms with E-state index in [2.05, 4.69) is 5.32 Å². The van der Waals surface area contributed by atoms with Crippen LogP contribution >= 0.6 is 23.2 Å². The predicted octanol–water partition coefficient (Wildman–Crippen LogP) is 4.54. The summed E-state index contributed by atoms with van der Waals surface area (Å²) in [6, 6.07) is 3.95. The lowest BCUT2D eigenvalue weighted by molar-refractivity contribution is -0.171. The molecule has 0 aromatic heterocycles. The van der Waals surface area contributed by atoms with Crippen LogP contribution in [0, 0.1) is 23.1 Å². The zero-order valence-electron chi connectivity index (χ0n) is 14.2. The van der Waals surface area contributed by atoms with Crippen LogP contribution in [-0.2, 0) is 14.3 Å². The first kappa shape index (κ1) is 18.1. The number of alkyl halides is 1. The Labute approximate surface area is 161 Å². The molecule has 26 heavy (non-hydrogen) atoms. The zero-order valence-corrected chi connectivity index (χ0v) is 15.7. The molecule has 0 saturated heterocycles. The summed E-state index contributed by atoms with van der Waals surface area (Å²) < 4.78 is 19.0. The smallest absolute Gasteiger partial charge is 0.312 e. The Bertz CT molecular complexity index is 755. The minimum Gasteiger partial charge on any atom is -0.455 e. The van der Waals surface area contributed by atoms with Gasteiger partial charge in [0.2, 0.25) is 0 Å². The number of carbonyl (C=O) groups excluding carboxylic acids is 2. The number of carbonyl (C=O) groups is 2. The van der Waals surface area contributed by atoms with E-state index in [1.54, 1.807) is 0 Å². The number of amides is 1. The lowest BCUT2D eigenvalue weighted by atomic mass is 9.49. The summed E-state index contributed by atoms with van der Waals surface area (Å²) in [7, 11) is 0. The molecule has 5 rings (SSSR count). The Balaban J connectivity index is 1.37. The Hall–Kier alpha value is -1.33. The third-order valence-corrected chi connectivity index (χ3v) is 6.64. The molecule has 1 aromatic carbocycles. The fourth-order valence-electron chi connectivity index (χ4n) is 5.45. The van der Waals surface area contributed by atoms with E-state index in [9.17, 15) is 14.0 Å². The van der Waals surface area contributed by atoms with Crippen molar-refractivity contribution in [2.45, 2.75) is 43.4 Å². The SMILES string of the molecule is O=C(COC(=O)C12C[C@H]3C[C@@H](CC(Cl)(C3)C1)C2)Nc1ccc(Cl)cc1F. The van der Waals surface area contributed by atoms with Crippen LogP contribution in [0.15, 0.2) is 18.2 Å². The van der Waals surface area contributed by atoms with Gasteiger partial charge in [0.1, 0.15) is 5.82 Å². The zero-order chi connectivity index (χ0) is 18.5. The van der Waals surface area contributed by atoms with Crippen molar-refractivity contribution in [3.63, 3.8) is 0 Å². The number of benzene rings is 1. The molecular weight excluding hydrogens is 380 g/mol. The number of rotatable bonds is 4. The second kappa shape index (κ2) is 6.38. The van der Waals surface area contributed by atoms with E-state index in [-0.39, 0.29) is 21.6 Å². The molecule has 1 amide bonds. The molecule has 0 aliphatic heterocycles. The van der Waals surface area contributed by atoms with Crippen molar-refractivity contribution in [2.75, 3.05) is 11.9 Å². The van der Waals surface area contributed by atoms with E-state index in [4.69, 9.17) is 27.9 Å². The van der Waals surface area contributed by atoms with Gasteiger partial charge in [-0.2, -0.15) is 0 Å². The summed E-state index contributed by atoms with van der Waals surface area (Å²) in [5, 5.41) is 2.64. The van der Waals surface area contributed by atoms with Crippen LogP contribution in [0.5, 0.6) is 0 Å². The van der Waals surface area contributed by atoms with Gasteiger partial charge in [0.25, 0.3) is 5.91 Å². The lowest BCUT2D eigenvalue weighted by Gasteiger charge is -2.58. The Morgan fingerprint density at radius 3 is 2.54 bits per heavy atom. The second-order valence-corrected chi connectivity index (χ2v) is 9.38. The fraction of sp³-hybridized carbons (Fsp3) is 0.579. The number of esters is 1. The van der Waals surface area contributed by atoms with Gasteiger partial charge in [-0.25, -0.2) is 4.39 Å². The van der Waals surface area contributed by atoms with Gasteiger partial charge in [-0.15, -0.1) is 11.6 Å². The number of halogens is 3. The molecule has 0 radical (unpaired) electrons. The Morgan fingerprint density at radius 1 is 1.23 bits per heavy atom. The van der Waals surface area contributed by atoms with Gasteiger partial charge in [0.15, 0.2) is 6.61 Å². The first-order valence-electron chi connectivity index (χ1n) is 8.88. The molecule has 4 saturated carbocycles. The summed E-state index contributed by atoms with van der Waals surface area (Å²) in [5.41, 5.74) is -0.553. The highest BCUT2D eigenvalue weighted by Crippen LogP contribution is 2.64. The quantitative estimate of drug-likeness (QED) is 0.597. The van der Waals surface area contributed by atoms with E-state index in [1.165, 1.54) is 12.1 Å². The van der Waals surface area contributed by atoms with E-state index < -0.39 is 23.7 Å². The van der Waals surface area contributed by atoms with Crippen molar-refractivity contribution in [1.29, 1.82) is 0 Å². The monoisotopic (exact) mass is 399 g/mol. The van der Waals surface area contributed by atoms with E-state index in [0.29, 0.717) is 18.3 Å². The third-order valence-electron chi connectivity index (χ3n) is 5.96. The maximum absolute atomic E-state index is 13.7. The molecule has 4 aliphatic carbocycles. The molecule has 0 heterocycles. The minimum absolute atomic E-state index is 0.00460. The van der Waals surface area contributed by atoms with E-state index in [1.807, 2.05) is 0 Å². The summed E-state index contributed by atoms with van der Waals surface area (Å²) in [6.07, 6.45) is 5.29. The molecule has 140 valence electrons. The average molecular weight is 400 g/mol. The molecule has 1 N–H and O–H groups in total. The number of hydrogen-bond donors (Lipinski definition) is 1. The Kier molecular flexibility index (Phi) is 4.43. The van der Waals surface area contributed by atoms with Gasteiger partial charge in [-0.1, -0.05) is 11.6 Å². The van der Waals surface area contributed by atoms with Crippen molar-refractivity contribution in [3.8, 4) is 0 Å². The number of anilines is 1. The van der Waals surface area contributed by atoms with Crippen molar-refractivity contribution in [1.82, 2.24) is 0 Å². The van der Waals surface area contributed by atoms with E-state index in [0.717, 1.165) is 38.2 Å². The highest BCUT2D eigenvalue weighted by atomic mass is 35.5. The largest absolute Gasteiger partial charge is 0.455 e. The maximum atomic E-state index is 13.7. The van der Waals surface area contributed by atoms with Crippen LogP contribution in [0.1, 0.15) is 38.5 Å². The van der Waals surface area contributed by atoms with Gasteiger partial charge in [-0.3, -0.25) is 9.59 Å². The minimum atomic E-state index is -0.637. The maximum Gasteiger partial charge on any atom is 0.312 e. The molecule has 4 aliphatic rings. The number of nitrogens with one attached hydrogen (secondary N) is 1. The van der Waals surface area contributed by atoms with Gasteiger partial charge in [0, 0.05) is 9.90 Å². The molecule has 0 spiro atoms. The molecule has 4 fully saturated rings. The number of hydrogen-bond acceptors (Lipinski definition) is 3. The molecular formula is C19H20Cl2FNO3. The van der Waals surface area contributed by atoms with Crippen molar-refractivity contribution in [2.24, 2.45) is 17.3 Å². The highest BCUT2D eigenvalue weighted by molar-refractivity contribution is 6.30. The van der Waals surface area contributed by atoms with Crippen LogP contribution < -0.4 is 5.32 Å². The normalized spacial score (nSPS) is 34.6. The first-order chi connectivity index (χ1) is 12.3. The Morgan fingerprint density at radius 2 is 1.92 bits per heavy atom. The fourth-order valence-corrected chi connectivity index (χ4v) is 6.30. The van der Waals surface area contributed by atoms with Crippen molar-refractivity contribution < 1.29 is 18.7 Å². The average Bonchev–Trinajstić information content (AvgIpc) is 2.53. The van der Waals surface area contributed by atoms with Gasteiger partial charge in [-0.05, 0) is 68.6 Å². The first-order valence-corrected chi connectivity index (χ1v) is 9.64. The molecule has 4 nitrogen and oxygen atoms in total.